The van der Waals surface area contributed by atoms with Gasteiger partial charge in [0.2, 0.25) is 0 Å². The second-order valence-electron chi connectivity index (χ2n) is 15.3. The Morgan fingerprint density at radius 3 is 1.49 bits per heavy atom. The molecular weight excluding hydrogens is 719 g/mol. The molecule has 324 valence electrons. The monoisotopic (exact) mass is 799 g/mol. The number of nitrogens with zero attached hydrogens (tertiary/aromatic N) is 1. The van der Waals surface area contributed by atoms with Gasteiger partial charge in [-0.1, -0.05) is 144 Å². The van der Waals surface area contributed by atoms with Crippen LogP contribution in [0.15, 0.2) is 85.1 Å². The zero-order valence-electron chi connectivity index (χ0n) is 36.5. The Morgan fingerprint density at radius 2 is 1.00 bits per heavy atom. The molecule has 0 aliphatic heterocycles. The average Bonchev–Trinajstić information content (AvgIpc) is 3.17. The van der Waals surface area contributed by atoms with E-state index >= 15 is 0 Å². The van der Waals surface area contributed by atoms with Crippen LogP contribution in [0.5, 0.6) is 0 Å². The van der Waals surface area contributed by atoms with Crippen molar-refractivity contribution < 1.29 is 42.9 Å². The fourth-order valence-electron chi connectivity index (χ4n) is 5.28. The number of carboxylic acids is 1. The Balaban J connectivity index is 4.28. The maximum atomic E-state index is 12.7. The van der Waals surface area contributed by atoms with Gasteiger partial charge in [0.05, 0.1) is 34.4 Å². The summed E-state index contributed by atoms with van der Waals surface area (Å²) in [5.41, 5.74) is 0. The summed E-state index contributed by atoms with van der Waals surface area (Å²) in [7, 11) is 5.92. The molecule has 0 rings (SSSR count). The largest absolute Gasteiger partial charge is 0.477 e. The summed E-state index contributed by atoms with van der Waals surface area (Å²) < 4.78 is 22.5. The number of hydrogen-bond donors (Lipinski definition) is 1. The Hall–Kier alpha value is -3.53. The zero-order chi connectivity index (χ0) is 42.1. The SMILES string of the molecule is CC/C=C\C/C=C\C/C=C\C/C=C\C/C=C\C/C=C\C/C=C\CCCCCCCC(=O)OC(COC(=O)CCCCCCC)COC(OCC[N+](C)(C)C)C(=O)O. The molecule has 2 unspecified atom stereocenters. The molecular formula is C48H80NO8+. The van der Waals surface area contributed by atoms with Crippen LogP contribution in [0.1, 0.15) is 142 Å². The molecule has 0 heterocycles. The number of ether oxygens (including phenoxy) is 4. The predicted molar refractivity (Wildman–Crippen MR) is 235 cm³/mol. The lowest BCUT2D eigenvalue weighted by Gasteiger charge is -2.25. The molecule has 0 fully saturated rings. The number of allylic oxidation sites excluding steroid dienone is 14. The van der Waals surface area contributed by atoms with E-state index in [2.05, 4.69) is 98.9 Å². The number of carbonyl (C=O) groups excluding carboxylic acids is 2. The summed E-state index contributed by atoms with van der Waals surface area (Å²) in [6.07, 6.45) is 46.9. The molecule has 0 saturated heterocycles. The van der Waals surface area contributed by atoms with Gasteiger partial charge in [-0.15, -0.1) is 0 Å². The third-order valence-electron chi connectivity index (χ3n) is 8.67. The van der Waals surface area contributed by atoms with Crippen molar-refractivity contribution in [1.82, 2.24) is 0 Å². The maximum absolute atomic E-state index is 12.7. The van der Waals surface area contributed by atoms with E-state index in [4.69, 9.17) is 18.9 Å². The molecule has 0 saturated carbocycles. The van der Waals surface area contributed by atoms with E-state index in [-0.39, 0.29) is 38.6 Å². The van der Waals surface area contributed by atoms with Gasteiger partial charge in [-0.3, -0.25) is 9.59 Å². The third kappa shape index (κ3) is 40.5. The number of hydrogen-bond acceptors (Lipinski definition) is 7. The minimum atomic E-state index is -1.52. The summed E-state index contributed by atoms with van der Waals surface area (Å²) >= 11 is 0. The van der Waals surface area contributed by atoms with E-state index < -0.39 is 24.3 Å². The van der Waals surface area contributed by atoms with Crippen molar-refractivity contribution in [2.45, 2.75) is 155 Å². The first-order chi connectivity index (χ1) is 27.6. The van der Waals surface area contributed by atoms with E-state index in [1.165, 1.54) is 0 Å². The van der Waals surface area contributed by atoms with Gasteiger partial charge < -0.3 is 28.5 Å². The number of carbonyl (C=O) groups is 3. The van der Waals surface area contributed by atoms with Crippen molar-refractivity contribution in [2.24, 2.45) is 0 Å². The summed E-state index contributed by atoms with van der Waals surface area (Å²) in [6, 6.07) is 0. The van der Waals surface area contributed by atoms with Gasteiger partial charge in [0.1, 0.15) is 13.2 Å². The van der Waals surface area contributed by atoms with Crippen LogP contribution in [-0.2, 0) is 33.3 Å². The number of carboxylic acid groups (broad SMARTS) is 1. The van der Waals surface area contributed by atoms with Crippen LogP contribution >= 0.6 is 0 Å². The van der Waals surface area contributed by atoms with Crippen molar-refractivity contribution in [2.75, 3.05) is 47.5 Å². The second-order valence-corrected chi connectivity index (χ2v) is 15.3. The Bertz CT molecular complexity index is 1210. The Kier molecular flexibility index (Phi) is 36.9. The minimum absolute atomic E-state index is 0.179. The highest BCUT2D eigenvalue weighted by Gasteiger charge is 2.25. The number of likely N-dealkylation sites (N-methyl/N-ethyl adjacent to an activating group) is 1. The number of rotatable bonds is 38. The Morgan fingerprint density at radius 1 is 0.544 bits per heavy atom. The number of unbranched alkanes of at least 4 members (excludes halogenated alkanes) is 9. The van der Waals surface area contributed by atoms with Crippen molar-refractivity contribution in [3.8, 4) is 0 Å². The second kappa shape index (κ2) is 39.3. The third-order valence-corrected chi connectivity index (χ3v) is 8.67. The molecule has 2 atom stereocenters. The van der Waals surface area contributed by atoms with E-state index in [1.54, 1.807) is 0 Å². The molecule has 9 heteroatoms. The van der Waals surface area contributed by atoms with Gasteiger partial charge in [0, 0.05) is 12.8 Å². The normalized spacial score (nSPS) is 13.8. The quantitative estimate of drug-likeness (QED) is 0.0216. The van der Waals surface area contributed by atoms with Crippen LogP contribution in [-0.4, -0.2) is 87.4 Å². The number of quaternary nitrogens is 1. The van der Waals surface area contributed by atoms with E-state index in [0.717, 1.165) is 109 Å². The van der Waals surface area contributed by atoms with Crippen molar-refractivity contribution in [1.29, 1.82) is 0 Å². The Labute approximate surface area is 347 Å². The number of aliphatic carboxylic acids is 1. The minimum Gasteiger partial charge on any atom is -0.477 e. The highest BCUT2D eigenvalue weighted by Crippen LogP contribution is 2.11. The molecule has 0 aromatic heterocycles. The van der Waals surface area contributed by atoms with Gasteiger partial charge in [0.15, 0.2) is 6.10 Å². The highest BCUT2D eigenvalue weighted by atomic mass is 16.7. The van der Waals surface area contributed by atoms with Crippen LogP contribution < -0.4 is 0 Å². The summed E-state index contributed by atoms with van der Waals surface area (Å²) in [5, 5.41) is 9.57. The molecule has 57 heavy (non-hydrogen) atoms. The van der Waals surface area contributed by atoms with Gasteiger partial charge in [-0.2, -0.15) is 0 Å². The lowest BCUT2D eigenvalue weighted by atomic mass is 10.1. The first-order valence-electron chi connectivity index (χ1n) is 21.8. The number of esters is 2. The molecule has 0 aliphatic rings. The maximum Gasteiger partial charge on any atom is 0.361 e. The van der Waals surface area contributed by atoms with Crippen LogP contribution in [0.3, 0.4) is 0 Å². The van der Waals surface area contributed by atoms with Crippen LogP contribution in [0.2, 0.25) is 0 Å². The van der Waals surface area contributed by atoms with E-state index in [0.29, 0.717) is 17.4 Å². The summed E-state index contributed by atoms with van der Waals surface area (Å²) in [5.74, 6) is -2.06. The molecule has 0 radical (unpaired) electrons. The van der Waals surface area contributed by atoms with Crippen LogP contribution in [0, 0.1) is 0 Å². The molecule has 0 aliphatic carbocycles. The van der Waals surface area contributed by atoms with Crippen molar-refractivity contribution in [3.05, 3.63) is 85.1 Å². The lowest BCUT2D eigenvalue weighted by molar-refractivity contribution is -0.870. The fourth-order valence-corrected chi connectivity index (χ4v) is 5.28. The van der Waals surface area contributed by atoms with Gasteiger partial charge >= 0.3 is 17.9 Å². The molecule has 1 N–H and O–H groups in total. The average molecular weight is 799 g/mol. The first-order valence-corrected chi connectivity index (χ1v) is 21.8. The fraction of sp³-hybridized carbons (Fsp3) is 0.646. The van der Waals surface area contributed by atoms with Gasteiger partial charge in [-0.05, 0) is 70.6 Å². The highest BCUT2D eigenvalue weighted by molar-refractivity contribution is 5.71. The van der Waals surface area contributed by atoms with Crippen LogP contribution in [0.4, 0.5) is 0 Å². The van der Waals surface area contributed by atoms with Gasteiger partial charge in [-0.25, -0.2) is 4.79 Å². The summed E-state index contributed by atoms with van der Waals surface area (Å²) in [6.45, 7) is 4.60. The smallest absolute Gasteiger partial charge is 0.361 e. The standard InChI is InChI=1S/C48H79NO8/c1-6-8-10-12-13-14-15-16-17-18-19-20-21-22-23-24-25-26-27-28-29-30-31-32-33-35-37-39-46(51)57-44(42-55-45(50)38-36-34-11-9-7-2)43-56-48(47(52)53)54-41-40-49(3,4)5/h8,10,13-14,16-17,19-20,22-23,25-26,28-29,44,48H,6-7,9,11-12,15,18,21,24,27,30-43H2,1-5H3/p+1/b10-8-,14-13-,17-16-,20-19-,23-22-,26-25-,29-28-. The molecule has 0 aromatic rings. The first kappa shape index (κ1) is 53.5. The molecule has 0 bridgehead atoms. The molecule has 0 amide bonds. The van der Waals surface area contributed by atoms with Gasteiger partial charge in [0.25, 0.3) is 6.29 Å². The lowest BCUT2D eigenvalue weighted by Crippen LogP contribution is -2.40. The van der Waals surface area contributed by atoms with E-state index in [1.807, 2.05) is 21.1 Å². The summed E-state index contributed by atoms with van der Waals surface area (Å²) in [4.78, 5) is 36.7. The predicted octanol–water partition coefficient (Wildman–Crippen LogP) is 11.3. The molecule has 9 nitrogen and oxygen atoms in total. The van der Waals surface area contributed by atoms with Crippen molar-refractivity contribution in [3.63, 3.8) is 0 Å². The van der Waals surface area contributed by atoms with Crippen LogP contribution in [0.25, 0.3) is 0 Å². The molecule has 0 aromatic carbocycles. The topological polar surface area (TPSA) is 108 Å². The zero-order valence-corrected chi connectivity index (χ0v) is 36.5. The molecule has 0 spiro atoms. The van der Waals surface area contributed by atoms with E-state index in [9.17, 15) is 19.5 Å². The van der Waals surface area contributed by atoms with Crippen molar-refractivity contribution >= 4 is 17.9 Å².